The zero-order chi connectivity index (χ0) is 11.8. The van der Waals surface area contributed by atoms with Crippen LogP contribution in [0.25, 0.3) is 0 Å². The summed E-state index contributed by atoms with van der Waals surface area (Å²) in [6.45, 7) is 8.79. The van der Waals surface area contributed by atoms with Gasteiger partial charge in [0.1, 0.15) is 5.82 Å². The van der Waals surface area contributed by atoms with E-state index in [-0.39, 0.29) is 0 Å². The van der Waals surface area contributed by atoms with E-state index in [0.717, 1.165) is 30.8 Å². The summed E-state index contributed by atoms with van der Waals surface area (Å²) >= 11 is 3.51. The van der Waals surface area contributed by atoms with E-state index >= 15 is 0 Å². The zero-order valence-electron chi connectivity index (χ0n) is 10.3. The topological polar surface area (TPSA) is 21.1 Å². The van der Waals surface area contributed by atoms with Gasteiger partial charge in [0.15, 0.2) is 0 Å². The highest BCUT2D eigenvalue weighted by Gasteiger charge is 2.04. The lowest BCUT2D eigenvalue weighted by Crippen LogP contribution is -2.30. The molecule has 1 aromatic rings. The van der Waals surface area contributed by atoms with E-state index in [1.54, 1.807) is 0 Å². The molecule has 0 aliphatic carbocycles. The van der Waals surface area contributed by atoms with Crippen LogP contribution < -0.4 is 0 Å². The fraction of sp³-hybridized carbons (Fsp3) is 0.750. The fourth-order valence-electron chi connectivity index (χ4n) is 1.73. The van der Waals surface area contributed by atoms with E-state index in [0.29, 0.717) is 0 Å². The van der Waals surface area contributed by atoms with Gasteiger partial charge in [-0.25, -0.2) is 4.98 Å². The summed E-state index contributed by atoms with van der Waals surface area (Å²) in [4.78, 5) is 6.75. The van der Waals surface area contributed by atoms with E-state index in [2.05, 4.69) is 50.4 Å². The third-order valence-corrected chi connectivity index (χ3v) is 3.16. The lowest BCUT2D eigenvalue weighted by atomic mass is 10.3. The molecule has 0 bridgehead atoms. The molecular formula is C12H22BrN3. The summed E-state index contributed by atoms with van der Waals surface area (Å²) in [6.07, 6.45) is 6.48. The molecule has 92 valence electrons. The summed E-state index contributed by atoms with van der Waals surface area (Å²) in [5, 5.41) is 1.06. The van der Waals surface area contributed by atoms with Crippen LogP contribution in [0.3, 0.4) is 0 Å². The van der Waals surface area contributed by atoms with Gasteiger partial charge in [-0.15, -0.1) is 0 Å². The van der Waals surface area contributed by atoms with Crippen molar-refractivity contribution in [2.45, 2.75) is 33.2 Å². The number of alkyl halides is 1. The molecule has 16 heavy (non-hydrogen) atoms. The van der Waals surface area contributed by atoms with Crippen LogP contribution in [0.2, 0.25) is 0 Å². The Balaban J connectivity index is 2.34. The summed E-state index contributed by atoms with van der Waals surface area (Å²) < 4.78 is 2.22. The second-order valence-corrected chi connectivity index (χ2v) is 4.85. The minimum Gasteiger partial charge on any atom is -0.334 e. The maximum absolute atomic E-state index is 4.24. The van der Waals surface area contributed by atoms with Gasteiger partial charge >= 0.3 is 0 Å². The normalized spacial score (nSPS) is 11.2. The van der Waals surface area contributed by atoms with Crippen molar-refractivity contribution in [1.29, 1.82) is 0 Å². The smallest absolute Gasteiger partial charge is 0.105 e. The molecule has 0 radical (unpaired) electrons. The molecule has 0 saturated carbocycles. The molecule has 1 aromatic heterocycles. The molecule has 1 heterocycles. The minimum atomic E-state index is 1.04. The number of imidazole rings is 1. The minimum absolute atomic E-state index is 1.04. The molecule has 0 N–H and O–H groups in total. The van der Waals surface area contributed by atoms with Crippen molar-refractivity contribution in [2.24, 2.45) is 0 Å². The Morgan fingerprint density at radius 3 is 2.75 bits per heavy atom. The van der Waals surface area contributed by atoms with Gasteiger partial charge in [0, 0.05) is 37.4 Å². The van der Waals surface area contributed by atoms with Crippen LogP contribution >= 0.6 is 15.9 Å². The van der Waals surface area contributed by atoms with Crippen molar-refractivity contribution in [3.63, 3.8) is 0 Å². The first-order chi connectivity index (χ1) is 7.77. The highest BCUT2D eigenvalue weighted by atomic mass is 79.9. The number of halogens is 1. The lowest BCUT2D eigenvalue weighted by molar-refractivity contribution is 0.274. The molecule has 0 atom stereocenters. The molecule has 4 heteroatoms. The number of aryl methyl sites for hydroxylation is 1. The maximum Gasteiger partial charge on any atom is 0.105 e. The quantitative estimate of drug-likeness (QED) is 0.686. The second-order valence-electron chi connectivity index (χ2n) is 4.05. The predicted octanol–water partition coefficient (Wildman–Crippen LogP) is 2.69. The Morgan fingerprint density at radius 2 is 2.19 bits per heavy atom. The summed E-state index contributed by atoms with van der Waals surface area (Å²) in [5.41, 5.74) is 0. The highest BCUT2D eigenvalue weighted by molar-refractivity contribution is 9.09. The molecule has 1 rings (SSSR count). The maximum atomic E-state index is 4.24. The first-order valence-corrected chi connectivity index (χ1v) is 7.16. The van der Waals surface area contributed by atoms with Crippen molar-refractivity contribution in [1.82, 2.24) is 14.5 Å². The van der Waals surface area contributed by atoms with Crippen molar-refractivity contribution < 1.29 is 0 Å². The average molecular weight is 288 g/mol. The van der Waals surface area contributed by atoms with Crippen molar-refractivity contribution in [3.8, 4) is 0 Å². The number of hydrogen-bond donors (Lipinski definition) is 0. The lowest BCUT2D eigenvalue weighted by Gasteiger charge is -2.21. The van der Waals surface area contributed by atoms with Crippen molar-refractivity contribution >= 4 is 15.9 Å². The fourth-order valence-corrected chi connectivity index (χ4v) is 2.23. The third-order valence-electron chi connectivity index (χ3n) is 2.81. The van der Waals surface area contributed by atoms with E-state index < -0.39 is 0 Å². The van der Waals surface area contributed by atoms with Crippen molar-refractivity contribution in [3.05, 3.63) is 18.2 Å². The Bertz CT molecular complexity index is 286. The Labute approximate surface area is 107 Å². The third kappa shape index (κ3) is 4.66. The second kappa shape index (κ2) is 7.85. The zero-order valence-corrected chi connectivity index (χ0v) is 11.9. The average Bonchev–Trinajstić information content (AvgIpc) is 2.68. The van der Waals surface area contributed by atoms with E-state index in [1.165, 1.54) is 19.4 Å². The van der Waals surface area contributed by atoms with Crippen LogP contribution in [0, 0.1) is 6.92 Å². The van der Waals surface area contributed by atoms with Gasteiger partial charge < -0.3 is 9.47 Å². The summed E-state index contributed by atoms with van der Waals surface area (Å²) in [7, 11) is 0. The summed E-state index contributed by atoms with van der Waals surface area (Å²) in [6, 6.07) is 0. The summed E-state index contributed by atoms with van der Waals surface area (Å²) in [5.74, 6) is 1.11. The van der Waals surface area contributed by atoms with Gasteiger partial charge in [-0.3, -0.25) is 0 Å². The SMILES string of the molecule is CCCCN(CCBr)CCn1ccnc1C. The first-order valence-electron chi connectivity index (χ1n) is 6.04. The number of aromatic nitrogens is 2. The molecule has 0 amide bonds. The molecule has 0 aromatic carbocycles. The van der Waals surface area contributed by atoms with Gasteiger partial charge in [0.05, 0.1) is 0 Å². The van der Waals surface area contributed by atoms with Gasteiger partial charge in [-0.2, -0.15) is 0 Å². The number of unbranched alkanes of at least 4 members (excludes halogenated alkanes) is 1. The molecule has 3 nitrogen and oxygen atoms in total. The monoisotopic (exact) mass is 287 g/mol. The Morgan fingerprint density at radius 1 is 1.38 bits per heavy atom. The van der Waals surface area contributed by atoms with Crippen LogP contribution in [0.4, 0.5) is 0 Å². The predicted molar refractivity (Wildman–Crippen MR) is 72.1 cm³/mol. The molecule has 0 saturated heterocycles. The van der Waals surface area contributed by atoms with Gasteiger partial charge in [0.25, 0.3) is 0 Å². The molecule has 0 fully saturated rings. The van der Waals surface area contributed by atoms with Gasteiger partial charge in [-0.1, -0.05) is 29.3 Å². The van der Waals surface area contributed by atoms with Crippen LogP contribution in [0.5, 0.6) is 0 Å². The van der Waals surface area contributed by atoms with Crippen LogP contribution in [0.15, 0.2) is 12.4 Å². The number of rotatable bonds is 8. The van der Waals surface area contributed by atoms with Crippen LogP contribution in [-0.2, 0) is 6.54 Å². The highest BCUT2D eigenvalue weighted by Crippen LogP contribution is 2.00. The van der Waals surface area contributed by atoms with Crippen LogP contribution in [-0.4, -0.2) is 39.4 Å². The Kier molecular flexibility index (Phi) is 6.73. The number of hydrogen-bond acceptors (Lipinski definition) is 2. The van der Waals surface area contributed by atoms with Gasteiger partial charge in [0.2, 0.25) is 0 Å². The van der Waals surface area contributed by atoms with Crippen molar-refractivity contribution in [2.75, 3.05) is 25.0 Å². The molecule has 0 aliphatic rings. The van der Waals surface area contributed by atoms with E-state index in [1.807, 2.05) is 6.20 Å². The van der Waals surface area contributed by atoms with E-state index in [4.69, 9.17) is 0 Å². The first kappa shape index (κ1) is 13.7. The standard InChI is InChI=1S/C12H22BrN3/c1-3-4-7-15(8-5-13)10-11-16-9-6-14-12(16)2/h6,9H,3-5,7-8,10-11H2,1-2H3. The molecule has 0 spiro atoms. The van der Waals surface area contributed by atoms with Gasteiger partial charge in [-0.05, 0) is 19.9 Å². The molecular weight excluding hydrogens is 266 g/mol. The Hall–Kier alpha value is -0.350. The molecule has 0 unspecified atom stereocenters. The number of nitrogens with zero attached hydrogens (tertiary/aromatic N) is 3. The van der Waals surface area contributed by atoms with E-state index in [9.17, 15) is 0 Å². The largest absolute Gasteiger partial charge is 0.334 e. The molecule has 0 aliphatic heterocycles. The van der Waals surface area contributed by atoms with Crippen LogP contribution in [0.1, 0.15) is 25.6 Å².